The van der Waals surface area contributed by atoms with E-state index >= 15 is 0 Å². The van der Waals surface area contributed by atoms with E-state index in [1.54, 1.807) is 6.92 Å². The van der Waals surface area contributed by atoms with Crippen LogP contribution in [-0.2, 0) is 19.1 Å². The van der Waals surface area contributed by atoms with E-state index in [1.807, 2.05) is 5.32 Å². The maximum atomic E-state index is 11.7. The summed E-state index contributed by atoms with van der Waals surface area (Å²) in [5.74, 6) is -2.15. The number of benzene rings is 1. The van der Waals surface area contributed by atoms with Crippen molar-refractivity contribution in [3.8, 4) is 0 Å². The number of hydrogen-bond donors (Lipinski definition) is 2. The Kier molecular flexibility index (Phi) is 7.55. The third-order valence-electron chi connectivity index (χ3n) is 2.38. The summed E-state index contributed by atoms with van der Waals surface area (Å²) in [6.07, 6.45) is -0.926. The van der Waals surface area contributed by atoms with Crippen LogP contribution in [0.4, 0.5) is 4.79 Å². The molecule has 0 saturated carbocycles. The Balaban J connectivity index is 2.28. The quantitative estimate of drug-likeness (QED) is 0.743. The van der Waals surface area contributed by atoms with Crippen molar-refractivity contribution < 1.29 is 28.7 Å². The SMILES string of the molecule is CCOC(=O)NC(=O)COC(=O)CNC(=O)c1ccc(Cl)cc1. The molecule has 0 unspecified atom stereocenters. The molecule has 0 aromatic heterocycles. The molecule has 0 radical (unpaired) electrons. The predicted octanol–water partition coefficient (Wildman–Crippen LogP) is 0.886. The van der Waals surface area contributed by atoms with E-state index < -0.39 is 37.0 Å². The number of carbonyl (C=O) groups excluding carboxylic acids is 4. The summed E-state index contributed by atoms with van der Waals surface area (Å²) in [5, 5.41) is 4.66. The van der Waals surface area contributed by atoms with E-state index in [0.29, 0.717) is 10.6 Å². The lowest BCUT2D eigenvalue weighted by molar-refractivity contribution is -0.147. The molecule has 1 rings (SSSR count). The molecule has 2 N–H and O–H groups in total. The van der Waals surface area contributed by atoms with Crippen LogP contribution in [-0.4, -0.2) is 43.6 Å². The summed E-state index contributed by atoms with van der Waals surface area (Å²) in [6.45, 7) is 0.603. The monoisotopic (exact) mass is 342 g/mol. The molecule has 0 fully saturated rings. The van der Waals surface area contributed by atoms with E-state index in [0.717, 1.165) is 0 Å². The number of carbonyl (C=O) groups is 4. The van der Waals surface area contributed by atoms with Gasteiger partial charge in [0.15, 0.2) is 6.61 Å². The number of hydrogen-bond acceptors (Lipinski definition) is 6. The van der Waals surface area contributed by atoms with Gasteiger partial charge in [-0.25, -0.2) is 4.79 Å². The van der Waals surface area contributed by atoms with Gasteiger partial charge in [0.1, 0.15) is 6.54 Å². The lowest BCUT2D eigenvalue weighted by Gasteiger charge is -2.07. The summed E-state index contributed by atoms with van der Waals surface area (Å²) in [5.41, 5.74) is 0.322. The molecule has 9 heteroatoms. The Bertz CT molecular complexity index is 587. The van der Waals surface area contributed by atoms with Crippen LogP contribution in [0.3, 0.4) is 0 Å². The van der Waals surface area contributed by atoms with Gasteiger partial charge in [0, 0.05) is 10.6 Å². The first-order chi connectivity index (χ1) is 10.9. The second-order valence-electron chi connectivity index (χ2n) is 4.12. The van der Waals surface area contributed by atoms with Gasteiger partial charge in [-0.3, -0.25) is 19.7 Å². The van der Waals surface area contributed by atoms with E-state index in [2.05, 4.69) is 14.8 Å². The first-order valence-electron chi connectivity index (χ1n) is 6.58. The number of alkyl carbamates (subject to hydrolysis) is 1. The summed E-state index contributed by atoms with van der Waals surface area (Å²) in [4.78, 5) is 45.3. The van der Waals surface area contributed by atoms with Crippen molar-refractivity contribution in [2.45, 2.75) is 6.92 Å². The normalized spacial score (nSPS) is 9.65. The minimum atomic E-state index is -0.926. The van der Waals surface area contributed by atoms with Crippen LogP contribution in [0.25, 0.3) is 0 Å². The molecule has 8 nitrogen and oxygen atoms in total. The molecular weight excluding hydrogens is 328 g/mol. The minimum Gasteiger partial charge on any atom is -0.454 e. The summed E-state index contributed by atoms with van der Waals surface area (Å²) >= 11 is 5.69. The molecule has 0 atom stereocenters. The van der Waals surface area contributed by atoms with Crippen LogP contribution in [0, 0.1) is 0 Å². The topological polar surface area (TPSA) is 111 Å². The van der Waals surface area contributed by atoms with E-state index in [9.17, 15) is 19.2 Å². The molecule has 23 heavy (non-hydrogen) atoms. The molecule has 1 aromatic carbocycles. The number of nitrogens with one attached hydrogen (secondary N) is 2. The van der Waals surface area contributed by atoms with Crippen molar-refractivity contribution in [3.63, 3.8) is 0 Å². The lowest BCUT2D eigenvalue weighted by atomic mass is 10.2. The third kappa shape index (κ3) is 7.28. The molecule has 0 spiro atoms. The Hall–Kier alpha value is -2.61. The van der Waals surface area contributed by atoms with Gasteiger partial charge in [0.2, 0.25) is 0 Å². The van der Waals surface area contributed by atoms with Crippen LogP contribution in [0.15, 0.2) is 24.3 Å². The van der Waals surface area contributed by atoms with Crippen LogP contribution >= 0.6 is 11.6 Å². The molecule has 0 aliphatic carbocycles. The van der Waals surface area contributed by atoms with Crippen molar-refractivity contribution in [2.75, 3.05) is 19.8 Å². The van der Waals surface area contributed by atoms with Crippen LogP contribution in [0.5, 0.6) is 0 Å². The highest BCUT2D eigenvalue weighted by Gasteiger charge is 2.12. The zero-order valence-electron chi connectivity index (χ0n) is 12.3. The molecule has 0 bridgehead atoms. The minimum absolute atomic E-state index is 0.107. The fourth-order valence-electron chi connectivity index (χ4n) is 1.37. The van der Waals surface area contributed by atoms with Gasteiger partial charge in [-0.1, -0.05) is 11.6 Å². The standard InChI is InChI=1S/C14H15ClN2O6/c1-2-22-14(21)17-11(18)8-23-12(19)7-16-13(20)9-3-5-10(15)6-4-9/h3-6H,2,7-8H2,1H3,(H,16,20)(H,17,18,21). The Morgan fingerprint density at radius 2 is 1.74 bits per heavy atom. The average Bonchev–Trinajstić information content (AvgIpc) is 2.51. The van der Waals surface area contributed by atoms with Gasteiger partial charge in [0.25, 0.3) is 11.8 Å². The molecule has 0 aliphatic rings. The number of amides is 3. The largest absolute Gasteiger partial charge is 0.454 e. The second kappa shape index (κ2) is 9.42. The van der Waals surface area contributed by atoms with Gasteiger partial charge >= 0.3 is 12.1 Å². The Morgan fingerprint density at radius 1 is 1.09 bits per heavy atom. The number of ether oxygens (including phenoxy) is 2. The zero-order chi connectivity index (χ0) is 17.2. The fourth-order valence-corrected chi connectivity index (χ4v) is 1.50. The highest BCUT2D eigenvalue weighted by molar-refractivity contribution is 6.30. The van der Waals surface area contributed by atoms with E-state index in [4.69, 9.17) is 11.6 Å². The Morgan fingerprint density at radius 3 is 2.35 bits per heavy atom. The molecule has 124 valence electrons. The highest BCUT2D eigenvalue weighted by atomic mass is 35.5. The van der Waals surface area contributed by atoms with Crippen LogP contribution in [0.1, 0.15) is 17.3 Å². The number of rotatable bonds is 6. The molecule has 1 aromatic rings. The molecule has 0 aliphatic heterocycles. The maximum Gasteiger partial charge on any atom is 0.413 e. The van der Waals surface area contributed by atoms with Crippen molar-refractivity contribution in [1.29, 1.82) is 0 Å². The first kappa shape index (κ1) is 18.4. The summed E-state index contributed by atoms with van der Waals surface area (Å²) in [6, 6.07) is 6.06. The van der Waals surface area contributed by atoms with Gasteiger partial charge < -0.3 is 14.8 Å². The zero-order valence-corrected chi connectivity index (χ0v) is 13.0. The third-order valence-corrected chi connectivity index (χ3v) is 2.63. The number of halogens is 1. The van der Waals surface area contributed by atoms with Gasteiger partial charge in [-0.2, -0.15) is 0 Å². The second-order valence-corrected chi connectivity index (χ2v) is 4.56. The molecular formula is C14H15ClN2O6. The van der Waals surface area contributed by atoms with Crippen molar-refractivity contribution in [2.24, 2.45) is 0 Å². The fraction of sp³-hybridized carbons (Fsp3) is 0.286. The van der Waals surface area contributed by atoms with Crippen molar-refractivity contribution >= 4 is 35.5 Å². The van der Waals surface area contributed by atoms with Gasteiger partial charge in [-0.15, -0.1) is 0 Å². The lowest BCUT2D eigenvalue weighted by Crippen LogP contribution is -2.36. The average molecular weight is 343 g/mol. The van der Waals surface area contributed by atoms with E-state index in [1.165, 1.54) is 24.3 Å². The Labute approximate surface area is 137 Å². The number of esters is 1. The highest BCUT2D eigenvalue weighted by Crippen LogP contribution is 2.09. The maximum absolute atomic E-state index is 11.7. The number of imide groups is 1. The van der Waals surface area contributed by atoms with Crippen LogP contribution < -0.4 is 10.6 Å². The molecule has 3 amide bonds. The van der Waals surface area contributed by atoms with Crippen molar-refractivity contribution in [1.82, 2.24) is 10.6 Å². The summed E-state index contributed by atoms with van der Waals surface area (Å²) in [7, 11) is 0. The first-order valence-corrected chi connectivity index (χ1v) is 6.96. The summed E-state index contributed by atoms with van der Waals surface area (Å²) < 4.78 is 9.07. The smallest absolute Gasteiger partial charge is 0.413 e. The van der Waals surface area contributed by atoms with Crippen molar-refractivity contribution in [3.05, 3.63) is 34.9 Å². The predicted molar refractivity (Wildman–Crippen MR) is 79.9 cm³/mol. The van der Waals surface area contributed by atoms with Gasteiger partial charge in [-0.05, 0) is 31.2 Å². The van der Waals surface area contributed by atoms with Crippen LogP contribution in [0.2, 0.25) is 5.02 Å². The van der Waals surface area contributed by atoms with E-state index in [-0.39, 0.29) is 6.61 Å². The van der Waals surface area contributed by atoms with Gasteiger partial charge in [0.05, 0.1) is 6.61 Å². The molecule has 0 saturated heterocycles. The molecule has 0 heterocycles.